The number of rotatable bonds is 5. The van der Waals surface area contributed by atoms with Gasteiger partial charge in [-0.2, -0.15) is 9.57 Å². The van der Waals surface area contributed by atoms with Crippen molar-refractivity contribution < 1.29 is 13.2 Å². The van der Waals surface area contributed by atoms with Gasteiger partial charge >= 0.3 is 0 Å². The highest BCUT2D eigenvalue weighted by Crippen LogP contribution is 2.26. The Morgan fingerprint density at radius 2 is 2.13 bits per heavy atom. The van der Waals surface area contributed by atoms with Gasteiger partial charge in [-0.3, -0.25) is 4.79 Å². The fourth-order valence-corrected chi connectivity index (χ4v) is 4.65. The molecule has 1 saturated heterocycles. The summed E-state index contributed by atoms with van der Waals surface area (Å²) >= 11 is 0. The predicted molar refractivity (Wildman–Crippen MR) is 84.7 cm³/mol. The third kappa shape index (κ3) is 3.71. The van der Waals surface area contributed by atoms with Crippen LogP contribution in [-0.4, -0.2) is 37.3 Å². The summed E-state index contributed by atoms with van der Waals surface area (Å²) in [5, 5.41) is 11.8. The maximum Gasteiger partial charge on any atom is 0.238 e. The maximum absolute atomic E-state index is 12.7. The Morgan fingerprint density at radius 1 is 1.35 bits per heavy atom. The summed E-state index contributed by atoms with van der Waals surface area (Å²) in [4.78, 5) is 12.2. The Labute approximate surface area is 136 Å². The van der Waals surface area contributed by atoms with Crippen molar-refractivity contribution in [2.45, 2.75) is 43.5 Å². The zero-order valence-corrected chi connectivity index (χ0v) is 13.6. The van der Waals surface area contributed by atoms with E-state index in [4.69, 9.17) is 5.26 Å². The molecule has 122 valence electrons. The molecule has 1 aromatic rings. The molecule has 1 heterocycles. The fourth-order valence-electron chi connectivity index (χ4n) is 2.88. The van der Waals surface area contributed by atoms with E-state index < -0.39 is 16.1 Å². The smallest absolute Gasteiger partial charge is 0.238 e. The van der Waals surface area contributed by atoms with E-state index in [9.17, 15) is 13.2 Å². The van der Waals surface area contributed by atoms with Crippen LogP contribution in [0, 0.1) is 11.3 Å². The van der Waals surface area contributed by atoms with Crippen LogP contribution in [0.15, 0.2) is 24.3 Å². The molecule has 0 bridgehead atoms. The molecule has 1 unspecified atom stereocenters. The van der Waals surface area contributed by atoms with Crippen LogP contribution in [-0.2, 0) is 20.6 Å². The minimum atomic E-state index is -3.58. The Morgan fingerprint density at radius 3 is 2.83 bits per heavy atom. The van der Waals surface area contributed by atoms with Gasteiger partial charge in [0, 0.05) is 12.6 Å². The molecule has 7 heteroatoms. The summed E-state index contributed by atoms with van der Waals surface area (Å²) in [5.41, 5.74) is 0.999. The van der Waals surface area contributed by atoms with Gasteiger partial charge in [-0.15, -0.1) is 0 Å². The number of carbonyl (C=O) groups excluding carboxylic acids is 1. The van der Waals surface area contributed by atoms with E-state index in [1.165, 1.54) is 4.31 Å². The summed E-state index contributed by atoms with van der Waals surface area (Å²) in [5.74, 6) is -0.366. The summed E-state index contributed by atoms with van der Waals surface area (Å²) < 4.78 is 26.7. The summed E-state index contributed by atoms with van der Waals surface area (Å²) in [6, 6.07) is 8.20. The zero-order chi connectivity index (χ0) is 16.4. The predicted octanol–water partition coefficient (Wildman–Crippen LogP) is 1.13. The summed E-state index contributed by atoms with van der Waals surface area (Å²) in [6.45, 7) is 0.378. The fraction of sp³-hybridized carbons (Fsp3) is 0.500. The molecule has 1 saturated carbocycles. The first-order valence-electron chi connectivity index (χ1n) is 7.78. The van der Waals surface area contributed by atoms with Crippen LogP contribution in [0.4, 0.5) is 0 Å². The molecule has 1 aromatic carbocycles. The molecular weight excluding hydrogens is 314 g/mol. The second-order valence-electron chi connectivity index (χ2n) is 6.12. The van der Waals surface area contributed by atoms with E-state index in [1.807, 2.05) is 6.07 Å². The molecule has 2 aliphatic rings. The van der Waals surface area contributed by atoms with Crippen LogP contribution in [0.1, 0.15) is 36.8 Å². The van der Waals surface area contributed by atoms with Gasteiger partial charge in [0.2, 0.25) is 15.9 Å². The van der Waals surface area contributed by atoms with Crippen molar-refractivity contribution in [1.29, 1.82) is 5.26 Å². The molecule has 1 aliphatic carbocycles. The van der Waals surface area contributed by atoms with Crippen molar-refractivity contribution in [3.63, 3.8) is 0 Å². The van der Waals surface area contributed by atoms with Gasteiger partial charge in [-0.05, 0) is 43.4 Å². The SMILES string of the molecule is N#Cc1cccc(CS(=O)(=O)N2CCCC2C(=O)NC2CC2)c1. The van der Waals surface area contributed by atoms with Crippen LogP contribution in [0.2, 0.25) is 0 Å². The molecule has 1 amide bonds. The topological polar surface area (TPSA) is 90.3 Å². The number of nitrogens with zero attached hydrogens (tertiary/aromatic N) is 2. The van der Waals surface area contributed by atoms with Crippen molar-refractivity contribution in [1.82, 2.24) is 9.62 Å². The van der Waals surface area contributed by atoms with E-state index >= 15 is 0 Å². The first-order chi connectivity index (χ1) is 11.0. The first kappa shape index (κ1) is 16.0. The number of nitrogens with one attached hydrogen (secondary N) is 1. The standard InChI is InChI=1S/C16H19N3O3S/c17-10-12-3-1-4-13(9-12)11-23(21,22)19-8-2-5-15(19)16(20)18-14-6-7-14/h1,3-4,9,14-15H,2,5-8,11H2,(H,18,20). The second-order valence-corrected chi connectivity index (χ2v) is 8.04. The lowest BCUT2D eigenvalue weighted by molar-refractivity contribution is -0.124. The number of carbonyl (C=O) groups is 1. The molecule has 1 atom stereocenters. The Hall–Kier alpha value is -1.91. The van der Waals surface area contributed by atoms with Gasteiger partial charge in [-0.1, -0.05) is 12.1 Å². The molecule has 0 aromatic heterocycles. The van der Waals surface area contributed by atoms with Crippen LogP contribution in [0.25, 0.3) is 0 Å². The van der Waals surface area contributed by atoms with Crippen molar-refractivity contribution >= 4 is 15.9 Å². The minimum absolute atomic E-state index is 0.181. The van der Waals surface area contributed by atoms with Gasteiger partial charge in [0.15, 0.2) is 0 Å². The largest absolute Gasteiger partial charge is 0.352 e. The molecule has 3 rings (SSSR count). The van der Waals surface area contributed by atoms with Gasteiger partial charge in [0.1, 0.15) is 6.04 Å². The number of sulfonamides is 1. The first-order valence-corrected chi connectivity index (χ1v) is 9.39. The van der Waals surface area contributed by atoms with E-state index in [0.29, 0.717) is 30.5 Å². The van der Waals surface area contributed by atoms with Crippen LogP contribution in [0.5, 0.6) is 0 Å². The van der Waals surface area contributed by atoms with Crippen LogP contribution >= 0.6 is 0 Å². The lowest BCUT2D eigenvalue weighted by atomic mass is 10.2. The van der Waals surface area contributed by atoms with Gasteiger partial charge in [0.05, 0.1) is 17.4 Å². The highest BCUT2D eigenvalue weighted by molar-refractivity contribution is 7.88. The second kappa shape index (κ2) is 6.30. The van der Waals surface area contributed by atoms with E-state index in [0.717, 1.165) is 12.8 Å². The van der Waals surface area contributed by atoms with Crippen LogP contribution < -0.4 is 5.32 Å². The van der Waals surface area contributed by atoms with Gasteiger partial charge in [-0.25, -0.2) is 8.42 Å². The number of amides is 1. The highest BCUT2D eigenvalue weighted by Gasteiger charge is 2.40. The average molecular weight is 333 g/mol. The number of nitriles is 1. The zero-order valence-electron chi connectivity index (χ0n) is 12.7. The molecule has 1 aliphatic heterocycles. The van der Waals surface area contributed by atoms with E-state index in [2.05, 4.69) is 5.32 Å². The Bertz CT molecular complexity index is 750. The molecule has 2 fully saturated rings. The monoisotopic (exact) mass is 333 g/mol. The average Bonchev–Trinajstić information content (AvgIpc) is 3.17. The molecule has 0 spiro atoms. The molecule has 6 nitrogen and oxygen atoms in total. The lowest BCUT2D eigenvalue weighted by Crippen LogP contribution is -2.46. The van der Waals surface area contributed by atoms with E-state index in [-0.39, 0.29) is 17.7 Å². The van der Waals surface area contributed by atoms with Crippen molar-refractivity contribution in [2.75, 3.05) is 6.54 Å². The lowest BCUT2D eigenvalue weighted by Gasteiger charge is -2.23. The van der Waals surface area contributed by atoms with Gasteiger partial charge in [0.25, 0.3) is 0 Å². The third-order valence-corrected chi connectivity index (χ3v) is 6.04. The van der Waals surface area contributed by atoms with E-state index in [1.54, 1.807) is 24.3 Å². The molecule has 23 heavy (non-hydrogen) atoms. The van der Waals surface area contributed by atoms with Crippen LogP contribution in [0.3, 0.4) is 0 Å². The van der Waals surface area contributed by atoms with Crippen molar-refractivity contribution in [2.24, 2.45) is 0 Å². The third-order valence-electron chi connectivity index (χ3n) is 4.19. The normalized spacial score (nSPS) is 21.8. The van der Waals surface area contributed by atoms with Crippen molar-refractivity contribution in [3.05, 3.63) is 35.4 Å². The number of hydrogen-bond acceptors (Lipinski definition) is 4. The quantitative estimate of drug-likeness (QED) is 0.874. The number of benzene rings is 1. The molecule has 0 radical (unpaired) electrons. The molecule has 1 N–H and O–H groups in total. The maximum atomic E-state index is 12.7. The summed E-state index contributed by atoms with van der Waals surface area (Å²) in [7, 11) is -3.58. The number of hydrogen-bond donors (Lipinski definition) is 1. The minimum Gasteiger partial charge on any atom is -0.352 e. The molecular formula is C16H19N3O3S. The van der Waals surface area contributed by atoms with Crippen molar-refractivity contribution in [3.8, 4) is 6.07 Å². The van der Waals surface area contributed by atoms with Gasteiger partial charge < -0.3 is 5.32 Å². The summed E-state index contributed by atoms with van der Waals surface area (Å²) in [6.07, 6.45) is 3.22. The Balaban J connectivity index is 1.74. The Kier molecular flexibility index (Phi) is 4.37. The highest BCUT2D eigenvalue weighted by atomic mass is 32.2.